The molecule has 4 heteroatoms. The van der Waals surface area contributed by atoms with Gasteiger partial charge in [-0.15, -0.1) is 0 Å². The monoisotopic (exact) mass is 345 g/mol. The first kappa shape index (κ1) is 17.8. The summed E-state index contributed by atoms with van der Waals surface area (Å²) in [5, 5.41) is 2.16. The Morgan fingerprint density at radius 1 is 0.923 bits per heavy atom. The second-order valence-electron chi connectivity index (χ2n) is 5.86. The fraction of sp³-hybridized carbons (Fsp3) is 0.182. The molecule has 0 saturated carbocycles. The lowest BCUT2D eigenvalue weighted by molar-refractivity contribution is 0.572. The van der Waals surface area contributed by atoms with Gasteiger partial charge in [-0.25, -0.2) is 4.98 Å². The Morgan fingerprint density at radius 3 is 2.35 bits per heavy atom. The molecule has 4 aromatic rings. The maximum atomic E-state index is 5.95. The normalized spacial score (nSPS) is 11.7. The van der Waals surface area contributed by atoms with Gasteiger partial charge in [-0.2, -0.15) is 0 Å². The summed E-state index contributed by atoms with van der Waals surface area (Å²) >= 11 is 0. The number of oxazole rings is 1. The lowest BCUT2D eigenvalue weighted by atomic mass is 9.93. The Labute approximate surface area is 153 Å². The van der Waals surface area contributed by atoms with Gasteiger partial charge in [0.05, 0.1) is 6.20 Å². The molecule has 0 amide bonds. The van der Waals surface area contributed by atoms with Crippen molar-refractivity contribution in [2.75, 3.05) is 0 Å². The van der Waals surface area contributed by atoms with Crippen molar-refractivity contribution < 1.29 is 4.42 Å². The lowest BCUT2D eigenvalue weighted by Crippen LogP contribution is -2.04. The van der Waals surface area contributed by atoms with Gasteiger partial charge in [-0.1, -0.05) is 50.2 Å². The third-order valence-electron chi connectivity index (χ3n) is 4.25. The van der Waals surface area contributed by atoms with E-state index in [2.05, 4.69) is 46.4 Å². The largest absolute Gasteiger partial charge is 0.443 e. The van der Waals surface area contributed by atoms with E-state index in [0.29, 0.717) is 0 Å². The quantitative estimate of drug-likeness (QED) is 0.524. The number of rotatable bonds is 3. The molecular weight excluding hydrogens is 322 g/mol. The number of fused-ring (bicyclic) bond motifs is 1. The summed E-state index contributed by atoms with van der Waals surface area (Å²) in [4.78, 5) is 8.29. The fourth-order valence-corrected chi connectivity index (χ4v) is 2.98. The van der Waals surface area contributed by atoms with Crippen molar-refractivity contribution >= 4 is 10.8 Å². The van der Waals surface area contributed by atoms with Crippen molar-refractivity contribution in [3.63, 3.8) is 0 Å². The van der Waals surface area contributed by atoms with Gasteiger partial charge in [0.2, 0.25) is 0 Å². The SMILES string of the molecule is CC.CC(N)c1ccc(-c2ccc3cnccc3c2-c2cnco2)cc1. The molecule has 4 nitrogen and oxygen atoms in total. The van der Waals surface area contributed by atoms with Crippen LogP contribution in [0.25, 0.3) is 33.2 Å². The third-order valence-corrected chi connectivity index (χ3v) is 4.25. The topological polar surface area (TPSA) is 64.9 Å². The van der Waals surface area contributed by atoms with E-state index in [1.807, 2.05) is 33.0 Å². The number of nitrogens with two attached hydrogens (primary N) is 1. The number of hydrogen-bond donors (Lipinski definition) is 1. The molecule has 0 aliphatic rings. The highest BCUT2D eigenvalue weighted by molar-refractivity contribution is 6.02. The molecule has 2 aromatic heterocycles. The van der Waals surface area contributed by atoms with Crippen molar-refractivity contribution in [2.45, 2.75) is 26.8 Å². The predicted octanol–water partition coefficient (Wildman–Crippen LogP) is 5.60. The maximum absolute atomic E-state index is 5.95. The van der Waals surface area contributed by atoms with Crippen molar-refractivity contribution in [1.82, 2.24) is 9.97 Å². The Morgan fingerprint density at radius 2 is 1.69 bits per heavy atom. The average molecular weight is 345 g/mol. The van der Waals surface area contributed by atoms with Crippen LogP contribution in [-0.2, 0) is 0 Å². The lowest BCUT2D eigenvalue weighted by Gasteiger charge is -2.12. The zero-order valence-corrected chi connectivity index (χ0v) is 15.3. The van der Waals surface area contributed by atoms with Crippen LogP contribution in [0.3, 0.4) is 0 Å². The molecule has 132 valence electrons. The summed E-state index contributed by atoms with van der Waals surface area (Å²) < 4.78 is 5.60. The predicted molar refractivity (Wildman–Crippen MR) is 107 cm³/mol. The van der Waals surface area contributed by atoms with Gasteiger partial charge in [0.15, 0.2) is 12.2 Å². The summed E-state index contributed by atoms with van der Waals surface area (Å²) in [6.45, 7) is 5.98. The molecule has 0 radical (unpaired) electrons. The van der Waals surface area contributed by atoms with Crippen LogP contribution in [-0.4, -0.2) is 9.97 Å². The molecule has 0 aliphatic heterocycles. The molecule has 0 fully saturated rings. The van der Waals surface area contributed by atoms with E-state index in [1.165, 1.54) is 6.39 Å². The van der Waals surface area contributed by atoms with Crippen LogP contribution in [0.5, 0.6) is 0 Å². The van der Waals surface area contributed by atoms with Gasteiger partial charge in [0.1, 0.15) is 0 Å². The molecule has 0 bridgehead atoms. The smallest absolute Gasteiger partial charge is 0.181 e. The van der Waals surface area contributed by atoms with Crippen LogP contribution < -0.4 is 5.73 Å². The van der Waals surface area contributed by atoms with Gasteiger partial charge >= 0.3 is 0 Å². The van der Waals surface area contributed by atoms with E-state index in [-0.39, 0.29) is 6.04 Å². The highest BCUT2D eigenvalue weighted by Crippen LogP contribution is 2.37. The summed E-state index contributed by atoms with van der Waals surface area (Å²) in [5.74, 6) is 0.748. The molecular formula is C22H23N3O. The van der Waals surface area contributed by atoms with Gasteiger partial charge in [0.25, 0.3) is 0 Å². The standard InChI is InChI=1S/C20H17N3O.C2H6/c1-13(21)14-2-4-15(5-3-14)17-7-6-16-10-22-9-8-18(16)20(17)19-11-23-12-24-19;1-2/h2-13H,21H2,1H3;1-2H3. The Bertz CT molecular complexity index is 974. The average Bonchev–Trinajstić information content (AvgIpc) is 3.23. The highest BCUT2D eigenvalue weighted by Gasteiger charge is 2.14. The number of pyridine rings is 1. The second-order valence-corrected chi connectivity index (χ2v) is 5.86. The zero-order valence-electron chi connectivity index (χ0n) is 15.3. The van der Waals surface area contributed by atoms with E-state index in [4.69, 9.17) is 10.2 Å². The molecule has 1 unspecified atom stereocenters. The van der Waals surface area contributed by atoms with Gasteiger partial charge in [-0.05, 0) is 35.1 Å². The molecule has 26 heavy (non-hydrogen) atoms. The first-order valence-electron chi connectivity index (χ1n) is 8.85. The minimum Gasteiger partial charge on any atom is -0.443 e. The minimum absolute atomic E-state index is 0.0236. The number of aromatic nitrogens is 2. The molecule has 2 heterocycles. The molecule has 1 atom stereocenters. The summed E-state index contributed by atoms with van der Waals surface area (Å²) in [7, 11) is 0. The van der Waals surface area contributed by atoms with E-state index in [0.717, 1.165) is 38.8 Å². The summed E-state index contributed by atoms with van der Waals surface area (Å²) in [6.07, 6.45) is 6.86. The van der Waals surface area contributed by atoms with Crippen LogP contribution in [0.4, 0.5) is 0 Å². The van der Waals surface area contributed by atoms with Crippen LogP contribution in [0.15, 0.2) is 71.9 Å². The van der Waals surface area contributed by atoms with Crippen molar-refractivity contribution in [2.24, 2.45) is 5.73 Å². The summed E-state index contributed by atoms with van der Waals surface area (Å²) in [6, 6.07) is 14.5. The molecule has 2 N–H and O–H groups in total. The first-order valence-corrected chi connectivity index (χ1v) is 8.85. The molecule has 0 saturated heterocycles. The number of hydrogen-bond acceptors (Lipinski definition) is 4. The Balaban J connectivity index is 0.000000948. The molecule has 0 spiro atoms. The molecule has 4 rings (SSSR count). The first-order chi connectivity index (χ1) is 12.7. The van der Waals surface area contributed by atoms with Gasteiger partial charge in [0, 0.05) is 29.4 Å². The van der Waals surface area contributed by atoms with Gasteiger partial charge in [-0.3, -0.25) is 4.98 Å². The van der Waals surface area contributed by atoms with Crippen LogP contribution in [0.1, 0.15) is 32.4 Å². The molecule has 0 aliphatic carbocycles. The Hall–Kier alpha value is -2.98. The van der Waals surface area contributed by atoms with Crippen molar-refractivity contribution in [3.8, 4) is 22.5 Å². The van der Waals surface area contributed by atoms with E-state index >= 15 is 0 Å². The van der Waals surface area contributed by atoms with Crippen LogP contribution >= 0.6 is 0 Å². The highest BCUT2D eigenvalue weighted by atomic mass is 16.3. The number of benzene rings is 2. The fourth-order valence-electron chi connectivity index (χ4n) is 2.98. The van der Waals surface area contributed by atoms with Crippen LogP contribution in [0, 0.1) is 0 Å². The zero-order chi connectivity index (χ0) is 18.5. The molecule has 2 aromatic carbocycles. The van der Waals surface area contributed by atoms with Crippen molar-refractivity contribution in [1.29, 1.82) is 0 Å². The minimum atomic E-state index is 0.0236. The second kappa shape index (κ2) is 7.93. The van der Waals surface area contributed by atoms with E-state index in [1.54, 1.807) is 12.4 Å². The van der Waals surface area contributed by atoms with Crippen molar-refractivity contribution in [3.05, 3.63) is 73.0 Å². The van der Waals surface area contributed by atoms with Gasteiger partial charge < -0.3 is 10.2 Å². The third kappa shape index (κ3) is 3.37. The Kier molecular flexibility index (Phi) is 5.44. The summed E-state index contributed by atoms with van der Waals surface area (Å²) in [5.41, 5.74) is 10.3. The van der Waals surface area contributed by atoms with E-state index in [9.17, 15) is 0 Å². The van der Waals surface area contributed by atoms with E-state index < -0.39 is 0 Å². The number of nitrogens with zero attached hydrogens (tertiary/aromatic N) is 2. The maximum Gasteiger partial charge on any atom is 0.181 e. The van der Waals surface area contributed by atoms with Crippen LogP contribution in [0.2, 0.25) is 0 Å².